The lowest BCUT2D eigenvalue weighted by atomic mass is 10.0. The second-order valence-corrected chi connectivity index (χ2v) is 6.32. The number of benzene rings is 1. The first-order chi connectivity index (χ1) is 9.85. The lowest BCUT2D eigenvalue weighted by Gasteiger charge is -2.43. The minimum Gasteiger partial charge on any atom is -0.507 e. The summed E-state index contributed by atoms with van der Waals surface area (Å²) in [6, 6.07) is 5.12. The van der Waals surface area contributed by atoms with Crippen LogP contribution in [-0.2, 0) is 0 Å². The number of carbonyl (C=O) groups excluding carboxylic acids is 1. The minimum absolute atomic E-state index is 0.0411. The minimum atomic E-state index is -0.0959. The molecule has 0 atom stereocenters. The molecular weight excluding hydrogens is 266 g/mol. The van der Waals surface area contributed by atoms with Crippen LogP contribution in [0, 0.1) is 6.92 Å². The molecule has 0 spiro atoms. The van der Waals surface area contributed by atoms with Crippen molar-refractivity contribution in [3.05, 3.63) is 29.3 Å². The molecule has 21 heavy (non-hydrogen) atoms. The zero-order chi connectivity index (χ0) is 15.6. The van der Waals surface area contributed by atoms with E-state index in [2.05, 4.69) is 18.7 Å². The van der Waals surface area contributed by atoms with E-state index in [0.717, 1.165) is 18.7 Å². The van der Waals surface area contributed by atoms with Gasteiger partial charge in [0.1, 0.15) is 5.75 Å². The van der Waals surface area contributed by atoms with Crippen molar-refractivity contribution in [2.24, 2.45) is 5.73 Å². The molecule has 1 aliphatic rings. The molecule has 5 heteroatoms. The largest absolute Gasteiger partial charge is 0.507 e. The van der Waals surface area contributed by atoms with Crippen LogP contribution in [0.15, 0.2) is 18.2 Å². The van der Waals surface area contributed by atoms with Gasteiger partial charge < -0.3 is 15.7 Å². The lowest BCUT2D eigenvalue weighted by molar-refractivity contribution is 0.0424. The number of aryl methyl sites for hydroxylation is 1. The maximum atomic E-state index is 12.5. The summed E-state index contributed by atoms with van der Waals surface area (Å²) in [6.45, 7) is 9.70. The van der Waals surface area contributed by atoms with Crippen LogP contribution < -0.4 is 5.73 Å². The van der Waals surface area contributed by atoms with E-state index in [1.807, 2.05) is 6.92 Å². The maximum Gasteiger partial charge on any atom is 0.257 e. The quantitative estimate of drug-likeness (QED) is 0.878. The molecule has 0 unspecified atom stereocenters. The van der Waals surface area contributed by atoms with Gasteiger partial charge in [0.25, 0.3) is 5.91 Å². The van der Waals surface area contributed by atoms with Crippen LogP contribution in [0.25, 0.3) is 0 Å². The fourth-order valence-electron chi connectivity index (χ4n) is 2.64. The van der Waals surface area contributed by atoms with Gasteiger partial charge in [0, 0.05) is 38.3 Å². The maximum absolute atomic E-state index is 12.5. The zero-order valence-electron chi connectivity index (χ0n) is 13.1. The monoisotopic (exact) mass is 291 g/mol. The van der Waals surface area contributed by atoms with E-state index in [-0.39, 0.29) is 17.2 Å². The Bertz CT molecular complexity index is 520. The first-order valence-corrected chi connectivity index (χ1v) is 7.39. The number of carbonyl (C=O) groups is 1. The van der Waals surface area contributed by atoms with Crippen molar-refractivity contribution in [2.75, 3.05) is 32.7 Å². The fraction of sp³-hybridized carbons (Fsp3) is 0.562. The van der Waals surface area contributed by atoms with Gasteiger partial charge in [0.05, 0.1) is 5.56 Å². The van der Waals surface area contributed by atoms with Crippen LogP contribution >= 0.6 is 0 Å². The van der Waals surface area contributed by atoms with Crippen LogP contribution in [-0.4, -0.2) is 59.1 Å². The third kappa shape index (κ3) is 3.36. The van der Waals surface area contributed by atoms with Crippen molar-refractivity contribution in [1.82, 2.24) is 9.80 Å². The van der Waals surface area contributed by atoms with Crippen LogP contribution in [0.3, 0.4) is 0 Å². The highest BCUT2D eigenvalue weighted by Crippen LogP contribution is 2.22. The molecule has 1 fully saturated rings. The van der Waals surface area contributed by atoms with Crippen molar-refractivity contribution in [2.45, 2.75) is 26.3 Å². The van der Waals surface area contributed by atoms with E-state index in [4.69, 9.17) is 5.73 Å². The number of amides is 1. The van der Waals surface area contributed by atoms with E-state index >= 15 is 0 Å². The Labute approximate surface area is 126 Å². The van der Waals surface area contributed by atoms with Crippen molar-refractivity contribution < 1.29 is 9.90 Å². The molecule has 5 nitrogen and oxygen atoms in total. The summed E-state index contributed by atoms with van der Waals surface area (Å²) in [5.74, 6) is -0.0447. The average Bonchev–Trinajstić information content (AvgIpc) is 2.49. The van der Waals surface area contributed by atoms with Gasteiger partial charge >= 0.3 is 0 Å². The van der Waals surface area contributed by atoms with Gasteiger partial charge in [-0.1, -0.05) is 11.6 Å². The molecule has 1 amide bonds. The molecule has 0 saturated carbocycles. The zero-order valence-corrected chi connectivity index (χ0v) is 13.1. The Morgan fingerprint density at radius 3 is 2.48 bits per heavy atom. The highest BCUT2D eigenvalue weighted by atomic mass is 16.3. The van der Waals surface area contributed by atoms with Gasteiger partial charge in [-0.25, -0.2) is 0 Å². The average molecular weight is 291 g/mol. The molecule has 1 saturated heterocycles. The lowest BCUT2D eigenvalue weighted by Crippen LogP contribution is -2.58. The van der Waals surface area contributed by atoms with E-state index in [1.165, 1.54) is 0 Å². The van der Waals surface area contributed by atoms with Gasteiger partial charge in [0.15, 0.2) is 0 Å². The predicted molar refractivity (Wildman–Crippen MR) is 83.5 cm³/mol. The Balaban J connectivity index is 2.05. The normalized spacial score (nSPS) is 17.0. The van der Waals surface area contributed by atoms with Crippen molar-refractivity contribution >= 4 is 5.91 Å². The third-order valence-corrected chi connectivity index (χ3v) is 4.30. The molecule has 1 aromatic rings. The first kappa shape index (κ1) is 15.8. The van der Waals surface area contributed by atoms with Gasteiger partial charge in [-0.2, -0.15) is 0 Å². The third-order valence-electron chi connectivity index (χ3n) is 4.30. The number of rotatable bonds is 3. The highest BCUT2D eigenvalue weighted by Gasteiger charge is 2.30. The summed E-state index contributed by atoms with van der Waals surface area (Å²) >= 11 is 0. The van der Waals surface area contributed by atoms with E-state index in [1.54, 1.807) is 23.1 Å². The number of piperazine rings is 1. The summed E-state index contributed by atoms with van der Waals surface area (Å²) in [4.78, 5) is 16.6. The second-order valence-electron chi connectivity index (χ2n) is 6.32. The molecule has 1 aromatic carbocycles. The molecule has 0 radical (unpaired) electrons. The Morgan fingerprint density at radius 1 is 1.29 bits per heavy atom. The smallest absolute Gasteiger partial charge is 0.257 e. The number of hydrogen-bond donors (Lipinski definition) is 2. The Morgan fingerprint density at radius 2 is 1.90 bits per heavy atom. The van der Waals surface area contributed by atoms with Crippen LogP contribution in [0.1, 0.15) is 29.8 Å². The van der Waals surface area contributed by atoms with Crippen molar-refractivity contribution in [3.8, 4) is 5.75 Å². The van der Waals surface area contributed by atoms with E-state index in [9.17, 15) is 9.90 Å². The summed E-state index contributed by atoms with van der Waals surface area (Å²) in [6.07, 6.45) is 0. The van der Waals surface area contributed by atoms with E-state index in [0.29, 0.717) is 25.2 Å². The molecule has 1 heterocycles. The molecule has 116 valence electrons. The van der Waals surface area contributed by atoms with Crippen LogP contribution in [0.4, 0.5) is 0 Å². The molecule has 1 aliphatic heterocycles. The van der Waals surface area contributed by atoms with E-state index < -0.39 is 0 Å². The summed E-state index contributed by atoms with van der Waals surface area (Å²) < 4.78 is 0. The SMILES string of the molecule is Cc1ccc(O)c(C(=O)N2CCN(C(C)(C)CN)CC2)c1. The number of nitrogens with two attached hydrogens (primary N) is 1. The number of aromatic hydroxyl groups is 1. The first-order valence-electron chi connectivity index (χ1n) is 7.39. The standard InChI is InChI=1S/C16H25N3O2/c1-12-4-5-14(20)13(10-12)15(21)18-6-8-19(9-7-18)16(2,3)11-17/h4-5,10,20H,6-9,11,17H2,1-3H3. The predicted octanol–water partition coefficient (Wildman–Crippen LogP) is 1.20. The summed E-state index contributed by atoms with van der Waals surface area (Å²) in [5, 5.41) is 9.88. The number of hydrogen-bond acceptors (Lipinski definition) is 4. The topological polar surface area (TPSA) is 69.8 Å². The highest BCUT2D eigenvalue weighted by molar-refractivity contribution is 5.97. The van der Waals surface area contributed by atoms with Gasteiger partial charge in [-0.15, -0.1) is 0 Å². The van der Waals surface area contributed by atoms with Crippen LogP contribution in [0.2, 0.25) is 0 Å². The Kier molecular flexibility index (Phi) is 4.54. The number of phenols is 1. The summed E-state index contributed by atoms with van der Waals surface area (Å²) in [7, 11) is 0. The molecular formula is C16H25N3O2. The molecule has 0 aliphatic carbocycles. The number of phenolic OH excluding ortho intramolecular Hbond substituents is 1. The second kappa shape index (κ2) is 6.03. The van der Waals surface area contributed by atoms with Crippen molar-refractivity contribution in [1.29, 1.82) is 0 Å². The Hall–Kier alpha value is -1.59. The molecule has 0 aromatic heterocycles. The fourth-order valence-corrected chi connectivity index (χ4v) is 2.64. The summed E-state index contributed by atoms with van der Waals surface area (Å²) in [5.41, 5.74) is 7.12. The van der Waals surface area contributed by atoms with Gasteiger partial charge in [-0.3, -0.25) is 9.69 Å². The van der Waals surface area contributed by atoms with Gasteiger partial charge in [0.2, 0.25) is 0 Å². The molecule has 2 rings (SSSR count). The van der Waals surface area contributed by atoms with Crippen LogP contribution in [0.5, 0.6) is 5.75 Å². The number of nitrogens with zero attached hydrogens (tertiary/aromatic N) is 2. The molecule has 0 bridgehead atoms. The van der Waals surface area contributed by atoms with Crippen molar-refractivity contribution in [3.63, 3.8) is 0 Å². The molecule has 3 N–H and O–H groups in total. The van der Waals surface area contributed by atoms with Gasteiger partial charge in [-0.05, 0) is 32.9 Å².